The Kier molecular flexibility index (Phi) is 3.28. The Bertz CT molecular complexity index is 527. The van der Waals surface area contributed by atoms with E-state index in [0.717, 1.165) is 12.8 Å². The molecule has 0 amide bonds. The lowest BCUT2D eigenvalue weighted by Gasteiger charge is -2.44. The molecule has 2 aliphatic rings. The van der Waals surface area contributed by atoms with Crippen molar-refractivity contribution in [3.63, 3.8) is 0 Å². The Hall–Kier alpha value is -1.05. The van der Waals surface area contributed by atoms with Crippen molar-refractivity contribution in [3.05, 3.63) is 35.1 Å². The van der Waals surface area contributed by atoms with Crippen molar-refractivity contribution in [3.8, 4) is 6.07 Å². The van der Waals surface area contributed by atoms with Gasteiger partial charge in [-0.25, -0.2) is 4.39 Å². The average molecular weight is 277 g/mol. The summed E-state index contributed by atoms with van der Waals surface area (Å²) in [6.07, 6.45) is 4.60. The minimum absolute atomic E-state index is 0.309. The number of rotatable bonds is 1. The third kappa shape index (κ3) is 2.37. The molecule has 1 N–H and O–H groups in total. The highest BCUT2D eigenvalue weighted by molar-refractivity contribution is 8.00. The predicted octanol–water partition coefficient (Wildman–Crippen LogP) is 3.33. The molecule has 0 radical (unpaired) electrons. The number of hydrogen-bond acceptors (Lipinski definition) is 3. The summed E-state index contributed by atoms with van der Waals surface area (Å²) in [4.78, 5) is 0. The third-order valence-electron chi connectivity index (χ3n) is 4.16. The summed E-state index contributed by atoms with van der Waals surface area (Å²) in [7, 11) is 0. The Morgan fingerprint density at radius 1 is 1.32 bits per heavy atom. The van der Waals surface area contributed by atoms with Crippen molar-refractivity contribution in [1.82, 2.24) is 0 Å². The molecule has 2 heterocycles. The maximum absolute atomic E-state index is 14.0. The zero-order valence-corrected chi connectivity index (χ0v) is 11.4. The van der Waals surface area contributed by atoms with Crippen LogP contribution in [0.25, 0.3) is 0 Å². The van der Waals surface area contributed by atoms with Crippen molar-refractivity contribution in [2.75, 3.05) is 0 Å². The highest BCUT2D eigenvalue weighted by atomic mass is 32.2. The van der Waals surface area contributed by atoms with E-state index in [1.165, 1.54) is 24.6 Å². The smallest absolute Gasteiger partial charge is 0.129 e. The summed E-state index contributed by atoms with van der Waals surface area (Å²) in [6.45, 7) is 0. The highest BCUT2D eigenvalue weighted by Crippen LogP contribution is 2.49. The zero-order chi connectivity index (χ0) is 13.5. The Morgan fingerprint density at radius 3 is 2.63 bits per heavy atom. The standard InChI is InChI=1S/C15H16FNOS/c16-14-5-4-10(9-17)6-13(14)15(18)7-11-2-1-3-12(8-15)19-11/h4-6,11-12,18H,1-3,7-8H2. The fraction of sp³-hybridized carbons (Fsp3) is 0.533. The average Bonchev–Trinajstić information content (AvgIpc) is 2.38. The van der Waals surface area contributed by atoms with Gasteiger partial charge in [0, 0.05) is 16.1 Å². The van der Waals surface area contributed by atoms with Gasteiger partial charge in [-0.05, 0) is 43.9 Å². The van der Waals surface area contributed by atoms with Crippen molar-refractivity contribution in [2.45, 2.75) is 48.2 Å². The summed E-state index contributed by atoms with van der Waals surface area (Å²) in [5.74, 6) is -0.397. The van der Waals surface area contributed by atoms with Gasteiger partial charge in [-0.15, -0.1) is 0 Å². The number of hydrogen-bond donors (Lipinski definition) is 1. The summed E-state index contributed by atoms with van der Waals surface area (Å²) in [5.41, 5.74) is -0.380. The van der Waals surface area contributed by atoms with E-state index in [1.807, 2.05) is 17.8 Å². The molecule has 0 aromatic heterocycles. The third-order valence-corrected chi connectivity index (χ3v) is 5.74. The molecule has 3 rings (SSSR count). The lowest BCUT2D eigenvalue weighted by Crippen LogP contribution is -2.41. The van der Waals surface area contributed by atoms with Gasteiger partial charge in [0.05, 0.1) is 17.2 Å². The summed E-state index contributed by atoms with van der Waals surface area (Å²) < 4.78 is 14.0. The molecule has 0 saturated carbocycles. The van der Waals surface area contributed by atoms with E-state index in [-0.39, 0.29) is 0 Å². The molecule has 1 aromatic carbocycles. The molecule has 1 aromatic rings. The summed E-state index contributed by atoms with van der Waals surface area (Å²) in [5, 5.41) is 20.7. The number of nitrogens with zero attached hydrogens (tertiary/aromatic N) is 1. The van der Waals surface area contributed by atoms with E-state index < -0.39 is 11.4 Å². The summed E-state index contributed by atoms with van der Waals surface area (Å²) in [6, 6.07) is 6.29. The van der Waals surface area contributed by atoms with Gasteiger partial charge in [0.25, 0.3) is 0 Å². The van der Waals surface area contributed by atoms with E-state index in [2.05, 4.69) is 0 Å². The number of benzene rings is 1. The van der Waals surface area contributed by atoms with Gasteiger partial charge in [0.15, 0.2) is 0 Å². The second-order valence-electron chi connectivity index (χ2n) is 5.56. The molecule has 0 spiro atoms. The van der Waals surface area contributed by atoms with E-state index in [4.69, 9.17) is 5.26 Å². The van der Waals surface area contributed by atoms with Gasteiger partial charge >= 0.3 is 0 Å². The van der Waals surface area contributed by atoms with Crippen molar-refractivity contribution in [2.24, 2.45) is 0 Å². The maximum atomic E-state index is 14.0. The molecule has 0 aliphatic carbocycles. The number of aliphatic hydroxyl groups is 1. The van der Waals surface area contributed by atoms with Crippen LogP contribution >= 0.6 is 11.8 Å². The second kappa shape index (κ2) is 4.81. The van der Waals surface area contributed by atoms with E-state index in [0.29, 0.717) is 34.5 Å². The van der Waals surface area contributed by atoms with Gasteiger partial charge in [-0.3, -0.25) is 0 Å². The molecular weight excluding hydrogens is 261 g/mol. The molecule has 2 nitrogen and oxygen atoms in total. The van der Waals surface area contributed by atoms with Crippen LogP contribution in [0.2, 0.25) is 0 Å². The maximum Gasteiger partial charge on any atom is 0.129 e. The predicted molar refractivity (Wildman–Crippen MR) is 73.3 cm³/mol. The minimum Gasteiger partial charge on any atom is -0.385 e. The van der Waals surface area contributed by atoms with Crippen LogP contribution in [-0.4, -0.2) is 15.6 Å². The van der Waals surface area contributed by atoms with Gasteiger partial charge in [0.1, 0.15) is 5.82 Å². The number of halogens is 1. The first-order chi connectivity index (χ1) is 9.10. The molecule has 2 unspecified atom stereocenters. The van der Waals surface area contributed by atoms with E-state index >= 15 is 0 Å². The molecule has 4 heteroatoms. The molecule has 2 bridgehead atoms. The SMILES string of the molecule is N#Cc1ccc(F)c(C2(O)CC3CCCC(C2)S3)c1. The first kappa shape index (κ1) is 13.0. The fourth-order valence-corrected chi connectivity index (χ4v) is 5.18. The van der Waals surface area contributed by atoms with Crippen LogP contribution in [0.5, 0.6) is 0 Å². The van der Waals surface area contributed by atoms with Crippen LogP contribution in [0.4, 0.5) is 4.39 Å². The zero-order valence-electron chi connectivity index (χ0n) is 10.6. The quantitative estimate of drug-likeness (QED) is 0.856. The van der Waals surface area contributed by atoms with E-state index in [1.54, 1.807) is 0 Å². The van der Waals surface area contributed by atoms with Gasteiger partial charge in [0.2, 0.25) is 0 Å². The van der Waals surface area contributed by atoms with Crippen LogP contribution in [0, 0.1) is 17.1 Å². The van der Waals surface area contributed by atoms with Crippen LogP contribution < -0.4 is 0 Å². The largest absolute Gasteiger partial charge is 0.385 e. The first-order valence-corrected chi connectivity index (χ1v) is 7.63. The van der Waals surface area contributed by atoms with Gasteiger partial charge in [-0.2, -0.15) is 17.0 Å². The normalized spacial score (nSPS) is 33.7. The van der Waals surface area contributed by atoms with Crippen molar-refractivity contribution in [1.29, 1.82) is 5.26 Å². The lowest BCUT2D eigenvalue weighted by molar-refractivity contribution is 0.00491. The lowest BCUT2D eigenvalue weighted by atomic mass is 9.80. The first-order valence-electron chi connectivity index (χ1n) is 6.69. The molecule has 2 aliphatic heterocycles. The molecule has 100 valence electrons. The Morgan fingerprint density at radius 2 is 2.00 bits per heavy atom. The monoisotopic (exact) mass is 277 g/mol. The van der Waals surface area contributed by atoms with E-state index in [9.17, 15) is 9.50 Å². The minimum atomic E-state index is -1.10. The number of thioether (sulfide) groups is 1. The molecule has 2 saturated heterocycles. The van der Waals surface area contributed by atoms with Crippen molar-refractivity contribution < 1.29 is 9.50 Å². The molecule has 19 heavy (non-hydrogen) atoms. The van der Waals surface area contributed by atoms with Crippen LogP contribution in [0.3, 0.4) is 0 Å². The van der Waals surface area contributed by atoms with Crippen LogP contribution in [0.1, 0.15) is 43.2 Å². The van der Waals surface area contributed by atoms with Gasteiger partial charge in [-0.1, -0.05) is 6.42 Å². The van der Waals surface area contributed by atoms with Crippen LogP contribution in [0.15, 0.2) is 18.2 Å². The van der Waals surface area contributed by atoms with Crippen LogP contribution in [-0.2, 0) is 5.60 Å². The molecular formula is C15H16FNOS. The van der Waals surface area contributed by atoms with Crippen molar-refractivity contribution >= 4 is 11.8 Å². The fourth-order valence-electron chi connectivity index (χ4n) is 3.29. The van der Waals surface area contributed by atoms with Gasteiger partial charge < -0.3 is 5.11 Å². The Labute approximate surface area is 116 Å². The Balaban J connectivity index is 1.98. The number of fused-ring (bicyclic) bond motifs is 2. The number of nitriles is 1. The second-order valence-corrected chi connectivity index (χ2v) is 7.16. The molecule has 2 atom stereocenters. The highest BCUT2D eigenvalue weighted by Gasteiger charge is 2.43. The topological polar surface area (TPSA) is 44.0 Å². The molecule has 2 fully saturated rings. The summed E-state index contributed by atoms with van der Waals surface area (Å²) >= 11 is 1.94.